The van der Waals surface area contributed by atoms with Gasteiger partial charge in [0.05, 0.1) is 0 Å². The number of aliphatic hydroxyl groups excluding tert-OH is 1. The van der Waals surface area contributed by atoms with Crippen molar-refractivity contribution in [3.8, 4) is 0 Å². The van der Waals surface area contributed by atoms with E-state index in [1.165, 1.54) is 6.33 Å². The monoisotopic (exact) mass is 155 g/mol. The summed E-state index contributed by atoms with van der Waals surface area (Å²) in [5.41, 5.74) is 0. The van der Waals surface area contributed by atoms with Crippen molar-refractivity contribution in [2.24, 2.45) is 0 Å². The van der Waals surface area contributed by atoms with Gasteiger partial charge in [-0.3, -0.25) is 4.68 Å². The predicted molar refractivity (Wildman–Crippen MR) is 41.0 cm³/mol. The summed E-state index contributed by atoms with van der Waals surface area (Å²) in [6.45, 7) is 1.19. The fraction of sp³-hybridized carbons (Fsp3) is 0.714. The smallest absolute Gasteiger partial charge is 0.137 e. The van der Waals surface area contributed by atoms with Gasteiger partial charge in [0.15, 0.2) is 0 Å². The first-order chi connectivity index (χ1) is 5.43. The Kier molecular flexibility index (Phi) is 3.61. The average Bonchev–Trinajstić information content (AvgIpc) is 2.50. The molecule has 0 fully saturated rings. The molecule has 1 aromatic heterocycles. The molecule has 4 heteroatoms. The molecule has 11 heavy (non-hydrogen) atoms. The summed E-state index contributed by atoms with van der Waals surface area (Å²) >= 11 is 0. The van der Waals surface area contributed by atoms with E-state index in [9.17, 15) is 0 Å². The van der Waals surface area contributed by atoms with Gasteiger partial charge < -0.3 is 5.11 Å². The summed E-state index contributed by atoms with van der Waals surface area (Å²) < 4.78 is 1.80. The summed E-state index contributed by atoms with van der Waals surface area (Å²) in [6, 6.07) is 0. The van der Waals surface area contributed by atoms with Crippen LogP contribution in [0, 0.1) is 0 Å². The zero-order valence-corrected chi connectivity index (χ0v) is 6.48. The lowest BCUT2D eigenvalue weighted by molar-refractivity contribution is 0.281. The number of unbranched alkanes of at least 4 members (excludes halogenated alkanes) is 2. The highest BCUT2D eigenvalue weighted by molar-refractivity contribution is 4.55. The number of aryl methyl sites for hydroxylation is 1. The molecule has 4 nitrogen and oxygen atoms in total. The van der Waals surface area contributed by atoms with Crippen LogP contribution in [0.5, 0.6) is 0 Å². The van der Waals surface area contributed by atoms with Crippen molar-refractivity contribution in [3.05, 3.63) is 12.7 Å². The maximum absolute atomic E-state index is 8.49. The molecular weight excluding hydrogens is 142 g/mol. The van der Waals surface area contributed by atoms with E-state index in [2.05, 4.69) is 10.1 Å². The minimum Gasteiger partial charge on any atom is -0.396 e. The van der Waals surface area contributed by atoms with Gasteiger partial charge in [0.1, 0.15) is 12.7 Å². The lowest BCUT2D eigenvalue weighted by Gasteiger charge is -1.98. The van der Waals surface area contributed by atoms with E-state index in [1.54, 1.807) is 11.0 Å². The van der Waals surface area contributed by atoms with Crippen LogP contribution in [0.2, 0.25) is 0 Å². The summed E-state index contributed by atoms with van der Waals surface area (Å²) in [5.74, 6) is 0. The van der Waals surface area contributed by atoms with Gasteiger partial charge in [0.2, 0.25) is 0 Å². The first-order valence-corrected chi connectivity index (χ1v) is 3.87. The average molecular weight is 155 g/mol. The van der Waals surface area contributed by atoms with Crippen LogP contribution in [0.15, 0.2) is 12.7 Å². The standard InChI is InChI=1S/C7H13N3O/c11-5-3-1-2-4-10-7-8-6-9-10/h6-7,11H,1-5H2. The second-order valence-electron chi connectivity index (χ2n) is 2.44. The van der Waals surface area contributed by atoms with E-state index in [1.807, 2.05) is 0 Å². The highest BCUT2D eigenvalue weighted by Gasteiger charge is 1.90. The molecule has 0 aliphatic carbocycles. The normalized spacial score (nSPS) is 10.3. The summed E-state index contributed by atoms with van der Waals surface area (Å²) in [6.07, 6.45) is 6.24. The highest BCUT2D eigenvalue weighted by atomic mass is 16.2. The van der Waals surface area contributed by atoms with Gasteiger partial charge in [-0.2, -0.15) is 5.10 Å². The number of rotatable bonds is 5. The number of hydrogen-bond donors (Lipinski definition) is 1. The van der Waals surface area contributed by atoms with Crippen LogP contribution in [-0.2, 0) is 6.54 Å². The van der Waals surface area contributed by atoms with Crippen LogP contribution in [0.4, 0.5) is 0 Å². The molecule has 0 radical (unpaired) electrons. The Bertz CT molecular complexity index is 174. The molecule has 0 aromatic carbocycles. The van der Waals surface area contributed by atoms with E-state index in [0.29, 0.717) is 0 Å². The molecule has 1 N–H and O–H groups in total. The van der Waals surface area contributed by atoms with Crippen LogP contribution in [0.25, 0.3) is 0 Å². The molecule has 0 unspecified atom stereocenters. The zero-order valence-electron chi connectivity index (χ0n) is 6.48. The third-order valence-electron chi connectivity index (χ3n) is 1.51. The van der Waals surface area contributed by atoms with Crippen molar-refractivity contribution in [1.82, 2.24) is 14.8 Å². The number of aromatic nitrogens is 3. The summed E-state index contributed by atoms with van der Waals surface area (Å²) in [7, 11) is 0. The number of aliphatic hydroxyl groups is 1. The molecule has 0 aliphatic heterocycles. The van der Waals surface area contributed by atoms with Gasteiger partial charge in [-0.05, 0) is 19.3 Å². The molecule has 0 amide bonds. The third kappa shape index (κ3) is 3.13. The van der Waals surface area contributed by atoms with Gasteiger partial charge in [-0.25, -0.2) is 4.98 Å². The van der Waals surface area contributed by atoms with Crippen LogP contribution < -0.4 is 0 Å². The maximum atomic E-state index is 8.49. The molecule has 0 aliphatic rings. The van der Waals surface area contributed by atoms with Crippen molar-refractivity contribution >= 4 is 0 Å². The summed E-state index contributed by atoms with van der Waals surface area (Å²) in [5, 5.41) is 12.4. The van der Waals surface area contributed by atoms with Gasteiger partial charge in [-0.15, -0.1) is 0 Å². The van der Waals surface area contributed by atoms with Crippen LogP contribution in [0.1, 0.15) is 19.3 Å². The van der Waals surface area contributed by atoms with Crippen LogP contribution in [0.3, 0.4) is 0 Å². The fourth-order valence-corrected chi connectivity index (χ4v) is 0.911. The SMILES string of the molecule is OCCCCCn1cncn1. The molecule has 1 aromatic rings. The van der Waals surface area contributed by atoms with Gasteiger partial charge in [-0.1, -0.05) is 0 Å². The fourth-order valence-electron chi connectivity index (χ4n) is 0.911. The largest absolute Gasteiger partial charge is 0.396 e. The third-order valence-corrected chi connectivity index (χ3v) is 1.51. The van der Waals surface area contributed by atoms with E-state index in [4.69, 9.17) is 5.11 Å². The van der Waals surface area contributed by atoms with E-state index < -0.39 is 0 Å². The zero-order chi connectivity index (χ0) is 7.94. The second kappa shape index (κ2) is 4.85. The Morgan fingerprint density at radius 2 is 2.18 bits per heavy atom. The second-order valence-corrected chi connectivity index (χ2v) is 2.44. The topological polar surface area (TPSA) is 50.9 Å². The van der Waals surface area contributed by atoms with Crippen LogP contribution >= 0.6 is 0 Å². The van der Waals surface area contributed by atoms with Crippen molar-refractivity contribution in [3.63, 3.8) is 0 Å². The lowest BCUT2D eigenvalue weighted by atomic mass is 10.2. The van der Waals surface area contributed by atoms with E-state index in [-0.39, 0.29) is 6.61 Å². The van der Waals surface area contributed by atoms with Gasteiger partial charge in [0, 0.05) is 13.2 Å². The van der Waals surface area contributed by atoms with Crippen molar-refractivity contribution in [2.45, 2.75) is 25.8 Å². The molecule has 1 heterocycles. The Morgan fingerprint density at radius 1 is 1.27 bits per heavy atom. The quantitative estimate of drug-likeness (QED) is 0.628. The first-order valence-electron chi connectivity index (χ1n) is 3.87. The van der Waals surface area contributed by atoms with Gasteiger partial charge in [0.25, 0.3) is 0 Å². The molecule has 0 atom stereocenters. The minimum absolute atomic E-state index is 0.289. The Balaban J connectivity index is 2.04. The lowest BCUT2D eigenvalue weighted by Crippen LogP contribution is -1.98. The molecular formula is C7H13N3O. The van der Waals surface area contributed by atoms with Crippen LogP contribution in [-0.4, -0.2) is 26.5 Å². The molecule has 1 rings (SSSR count). The molecule has 0 spiro atoms. The number of hydrogen-bond acceptors (Lipinski definition) is 3. The van der Waals surface area contributed by atoms with E-state index in [0.717, 1.165) is 25.8 Å². The molecule has 62 valence electrons. The summed E-state index contributed by atoms with van der Waals surface area (Å²) in [4.78, 5) is 3.82. The Morgan fingerprint density at radius 3 is 2.82 bits per heavy atom. The molecule has 0 saturated carbocycles. The molecule has 0 saturated heterocycles. The van der Waals surface area contributed by atoms with Crippen molar-refractivity contribution in [1.29, 1.82) is 0 Å². The minimum atomic E-state index is 0.289. The van der Waals surface area contributed by atoms with Crippen molar-refractivity contribution in [2.75, 3.05) is 6.61 Å². The predicted octanol–water partition coefficient (Wildman–Crippen LogP) is 0.441. The van der Waals surface area contributed by atoms with Crippen molar-refractivity contribution < 1.29 is 5.11 Å². The maximum Gasteiger partial charge on any atom is 0.137 e. The first kappa shape index (κ1) is 8.20. The Hall–Kier alpha value is -0.900. The molecule has 0 bridgehead atoms. The Labute approximate surface area is 65.9 Å². The van der Waals surface area contributed by atoms with Gasteiger partial charge >= 0.3 is 0 Å². The van der Waals surface area contributed by atoms with E-state index >= 15 is 0 Å². The number of nitrogens with zero attached hydrogens (tertiary/aromatic N) is 3. The highest BCUT2D eigenvalue weighted by Crippen LogP contribution is 1.96.